The fourth-order valence-corrected chi connectivity index (χ4v) is 3.52. The highest BCUT2D eigenvalue weighted by Gasteiger charge is 2.38. The van der Waals surface area contributed by atoms with Gasteiger partial charge in [0.25, 0.3) is 0 Å². The van der Waals surface area contributed by atoms with Crippen LogP contribution in [0.1, 0.15) is 25.2 Å². The molecule has 4 heterocycles. The second-order valence-electron chi connectivity index (χ2n) is 7.56. The van der Waals surface area contributed by atoms with Crippen molar-refractivity contribution in [2.45, 2.75) is 25.8 Å². The molecule has 2 aliphatic rings. The third kappa shape index (κ3) is 2.55. The summed E-state index contributed by atoms with van der Waals surface area (Å²) in [6.07, 6.45) is 7.59. The summed E-state index contributed by atoms with van der Waals surface area (Å²) in [4.78, 5) is 18.8. The predicted molar refractivity (Wildman–Crippen MR) is 106 cm³/mol. The third-order valence-electron chi connectivity index (χ3n) is 5.19. The lowest BCUT2D eigenvalue weighted by Crippen LogP contribution is -2.26. The van der Waals surface area contributed by atoms with Gasteiger partial charge in [0.2, 0.25) is 11.9 Å². The van der Waals surface area contributed by atoms with Crippen molar-refractivity contribution < 1.29 is 4.79 Å². The van der Waals surface area contributed by atoms with E-state index in [1.807, 2.05) is 63.9 Å². The van der Waals surface area contributed by atoms with Crippen molar-refractivity contribution in [2.75, 3.05) is 15.5 Å². The fourth-order valence-electron chi connectivity index (χ4n) is 3.52. The predicted octanol–water partition coefficient (Wildman–Crippen LogP) is 2.43. The van der Waals surface area contributed by atoms with E-state index in [0.29, 0.717) is 12.5 Å². The van der Waals surface area contributed by atoms with Crippen LogP contribution in [0.5, 0.6) is 0 Å². The van der Waals surface area contributed by atoms with Gasteiger partial charge >= 0.3 is 0 Å². The van der Waals surface area contributed by atoms with Crippen LogP contribution >= 0.6 is 0 Å². The minimum atomic E-state index is -0.514. The van der Waals surface area contributed by atoms with Gasteiger partial charge in [-0.2, -0.15) is 10.1 Å². The number of aromatic nitrogens is 5. The van der Waals surface area contributed by atoms with Crippen molar-refractivity contribution in [3.05, 3.63) is 48.2 Å². The van der Waals surface area contributed by atoms with Crippen LogP contribution in [0, 0.1) is 0 Å². The molecule has 2 N–H and O–H groups in total. The number of carbonyl (C=O) groups excluding carboxylic acids is 1. The van der Waals surface area contributed by atoms with Crippen LogP contribution in [0.15, 0.2) is 36.8 Å². The van der Waals surface area contributed by atoms with Gasteiger partial charge in [-0.1, -0.05) is 6.07 Å². The molecule has 2 aliphatic heterocycles. The van der Waals surface area contributed by atoms with Crippen LogP contribution in [0.2, 0.25) is 0 Å². The SMILES string of the molecule is Cn1cc(N2C=Cn3nc(Nc4ccc5c(c4)NC(=O)C5(C)C)nc3C2)cn1. The normalized spacial score (nSPS) is 16.7. The maximum atomic E-state index is 12.1. The summed E-state index contributed by atoms with van der Waals surface area (Å²) in [7, 11) is 1.89. The summed E-state index contributed by atoms with van der Waals surface area (Å²) in [6, 6.07) is 5.83. The van der Waals surface area contributed by atoms with Crippen molar-refractivity contribution in [3.63, 3.8) is 0 Å². The molecule has 0 atom stereocenters. The zero-order valence-electron chi connectivity index (χ0n) is 15.8. The van der Waals surface area contributed by atoms with Gasteiger partial charge in [0.1, 0.15) is 0 Å². The lowest BCUT2D eigenvalue weighted by molar-refractivity contribution is -0.119. The van der Waals surface area contributed by atoms with E-state index in [1.54, 1.807) is 9.36 Å². The molecule has 0 saturated heterocycles. The number of aryl methyl sites for hydroxylation is 1. The largest absolute Gasteiger partial charge is 0.336 e. The Morgan fingerprint density at radius 2 is 2.11 bits per heavy atom. The average Bonchev–Trinajstić information content (AvgIpc) is 3.31. The second kappa shape index (κ2) is 5.69. The highest BCUT2D eigenvalue weighted by Crippen LogP contribution is 2.38. The molecular formula is C19H20N8O. The standard InChI is InChI=1S/C19H20N8O/c1-19(2)14-5-4-12(8-15(14)22-17(19)28)21-18-23-16-11-26(6-7-27(16)24-18)13-9-20-25(3)10-13/h4-10H,11H2,1-3H3,(H,21,24)(H,22,28). The van der Waals surface area contributed by atoms with Crippen LogP contribution in [-0.4, -0.2) is 30.5 Å². The number of carbonyl (C=O) groups is 1. The van der Waals surface area contributed by atoms with Gasteiger partial charge in [0.05, 0.1) is 23.8 Å². The molecule has 0 fully saturated rings. The number of amides is 1. The first kappa shape index (κ1) is 16.5. The minimum Gasteiger partial charge on any atom is -0.336 e. The van der Waals surface area contributed by atoms with Crippen molar-refractivity contribution >= 4 is 35.1 Å². The molecule has 0 radical (unpaired) electrons. The molecule has 0 unspecified atom stereocenters. The number of hydrogen-bond donors (Lipinski definition) is 2. The number of fused-ring (bicyclic) bond motifs is 2. The van der Waals surface area contributed by atoms with Gasteiger partial charge in [-0.05, 0) is 31.5 Å². The van der Waals surface area contributed by atoms with E-state index >= 15 is 0 Å². The molecule has 1 aromatic carbocycles. The quantitative estimate of drug-likeness (QED) is 0.729. The summed E-state index contributed by atoms with van der Waals surface area (Å²) in [5.74, 6) is 1.34. The van der Waals surface area contributed by atoms with E-state index in [1.165, 1.54) is 0 Å². The Hall–Kier alpha value is -3.62. The Kier molecular flexibility index (Phi) is 3.36. The second-order valence-corrected chi connectivity index (χ2v) is 7.56. The molecule has 2 aromatic heterocycles. The first-order valence-corrected chi connectivity index (χ1v) is 9.02. The number of nitrogens with one attached hydrogen (secondary N) is 2. The molecule has 142 valence electrons. The van der Waals surface area contributed by atoms with Crippen molar-refractivity contribution in [2.24, 2.45) is 7.05 Å². The molecule has 3 aromatic rings. The third-order valence-corrected chi connectivity index (χ3v) is 5.19. The molecule has 9 heteroatoms. The number of anilines is 4. The van der Waals surface area contributed by atoms with E-state index < -0.39 is 5.41 Å². The molecule has 28 heavy (non-hydrogen) atoms. The molecule has 5 rings (SSSR count). The van der Waals surface area contributed by atoms with Crippen molar-refractivity contribution in [1.82, 2.24) is 24.5 Å². The van der Waals surface area contributed by atoms with Gasteiger partial charge < -0.3 is 15.5 Å². The summed E-state index contributed by atoms with van der Waals surface area (Å²) in [6.45, 7) is 4.45. The zero-order valence-corrected chi connectivity index (χ0v) is 15.8. The van der Waals surface area contributed by atoms with Gasteiger partial charge in [-0.15, -0.1) is 5.10 Å². The van der Waals surface area contributed by atoms with Crippen LogP contribution < -0.4 is 15.5 Å². The van der Waals surface area contributed by atoms with Crippen LogP contribution in [0.25, 0.3) is 6.20 Å². The highest BCUT2D eigenvalue weighted by atomic mass is 16.2. The maximum absolute atomic E-state index is 12.1. The monoisotopic (exact) mass is 376 g/mol. The fraction of sp³-hybridized carbons (Fsp3) is 0.263. The summed E-state index contributed by atoms with van der Waals surface area (Å²) in [5.41, 5.74) is 3.13. The summed E-state index contributed by atoms with van der Waals surface area (Å²) in [5, 5.41) is 14.9. The lowest BCUT2D eigenvalue weighted by atomic mass is 9.86. The van der Waals surface area contributed by atoms with Crippen molar-refractivity contribution in [1.29, 1.82) is 0 Å². The van der Waals surface area contributed by atoms with E-state index in [-0.39, 0.29) is 5.91 Å². The maximum Gasteiger partial charge on any atom is 0.247 e. The highest BCUT2D eigenvalue weighted by molar-refractivity contribution is 6.06. The zero-order chi connectivity index (χ0) is 19.5. The first-order chi connectivity index (χ1) is 13.4. The van der Waals surface area contributed by atoms with E-state index in [9.17, 15) is 4.79 Å². The van der Waals surface area contributed by atoms with Gasteiger partial charge in [0, 0.05) is 37.0 Å². The molecule has 1 amide bonds. The molecule has 0 spiro atoms. The Labute approximate surface area is 161 Å². The lowest BCUT2D eigenvalue weighted by Gasteiger charge is -2.20. The molecule has 0 saturated carbocycles. The van der Waals surface area contributed by atoms with Crippen LogP contribution in [0.4, 0.5) is 23.0 Å². The molecule has 9 nitrogen and oxygen atoms in total. The van der Waals surface area contributed by atoms with Gasteiger partial charge in [0.15, 0.2) is 5.82 Å². The Morgan fingerprint density at radius 1 is 1.25 bits per heavy atom. The Balaban J connectivity index is 1.36. The number of rotatable bonds is 3. The molecular weight excluding hydrogens is 356 g/mol. The van der Waals surface area contributed by atoms with Gasteiger partial charge in [-0.25, -0.2) is 4.68 Å². The first-order valence-electron chi connectivity index (χ1n) is 9.02. The summed E-state index contributed by atoms with van der Waals surface area (Å²) < 4.78 is 3.52. The Morgan fingerprint density at radius 3 is 2.89 bits per heavy atom. The smallest absolute Gasteiger partial charge is 0.247 e. The van der Waals surface area contributed by atoms with Crippen LogP contribution in [0.3, 0.4) is 0 Å². The molecule has 0 bridgehead atoms. The minimum absolute atomic E-state index is 0.0101. The van der Waals surface area contributed by atoms with E-state index in [0.717, 1.165) is 28.5 Å². The van der Waals surface area contributed by atoms with Gasteiger partial charge in [-0.3, -0.25) is 9.48 Å². The Bertz CT molecular complexity index is 1120. The molecule has 0 aliphatic carbocycles. The van der Waals surface area contributed by atoms with E-state index in [4.69, 9.17) is 0 Å². The van der Waals surface area contributed by atoms with Crippen LogP contribution in [-0.2, 0) is 23.8 Å². The summed E-state index contributed by atoms with van der Waals surface area (Å²) >= 11 is 0. The number of hydrogen-bond acceptors (Lipinski definition) is 6. The van der Waals surface area contributed by atoms with E-state index in [2.05, 4.69) is 30.7 Å². The van der Waals surface area contributed by atoms with Crippen molar-refractivity contribution in [3.8, 4) is 0 Å². The average molecular weight is 376 g/mol. The number of nitrogens with zero attached hydrogens (tertiary/aromatic N) is 6. The topological polar surface area (TPSA) is 92.9 Å². The number of benzene rings is 1.